The molecule has 1 amide bonds. The molecule has 0 aromatic heterocycles. The van der Waals surface area contributed by atoms with E-state index in [-0.39, 0.29) is 0 Å². The van der Waals surface area contributed by atoms with Gasteiger partial charge in [-0.1, -0.05) is 6.42 Å². The normalized spacial score (nSPS) is 24.9. The number of carbonyl (C=O) groups excluding carboxylic acids is 2. The Hall–Kier alpha value is -1.19. The molecular formula is C10H18N2O6S. The summed E-state index contributed by atoms with van der Waals surface area (Å²) in [6.45, 7) is -0.498. The third-order valence-electron chi connectivity index (χ3n) is 3.16. The number of primary amides is 1. The number of sulfonamides is 1. The lowest BCUT2D eigenvalue weighted by Crippen LogP contribution is -2.45. The van der Waals surface area contributed by atoms with Crippen LogP contribution >= 0.6 is 0 Å². The van der Waals surface area contributed by atoms with Gasteiger partial charge in [0.25, 0.3) is 0 Å². The number of esters is 1. The summed E-state index contributed by atoms with van der Waals surface area (Å²) in [4.78, 5) is 22.1. The van der Waals surface area contributed by atoms with Gasteiger partial charge in [0.15, 0.2) is 0 Å². The average Bonchev–Trinajstić information content (AvgIpc) is 2.84. The highest BCUT2D eigenvalue weighted by Crippen LogP contribution is 2.31. The molecule has 0 aliphatic heterocycles. The first-order chi connectivity index (χ1) is 8.79. The number of ether oxygens (including phenoxy) is 1. The van der Waals surface area contributed by atoms with Gasteiger partial charge in [0.1, 0.15) is 6.10 Å². The number of aliphatic hydroxyl groups is 1. The summed E-state index contributed by atoms with van der Waals surface area (Å²) in [6.07, 6.45) is -0.213. The summed E-state index contributed by atoms with van der Waals surface area (Å²) >= 11 is 0. The zero-order valence-corrected chi connectivity index (χ0v) is 11.4. The van der Waals surface area contributed by atoms with E-state index in [0.29, 0.717) is 19.3 Å². The molecule has 110 valence electrons. The van der Waals surface area contributed by atoms with E-state index in [2.05, 4.69) is 9.46 Å². The quantitative estimate of drug-likeness (QED) is 0.489. The summed E-state index contributed by atoms with van der Waals surface area (Å²) in [7, 11) is -2.61. The lowest BCUT2D eigenvalue weighted by atomic mass is 10.1. The van der Waals surface area contributed by atoms with Crippen LogP contribution in [0.3, 0.4) is 0 Å². The Morgan fingerprint density at radius 3 is 2.63 bits per heavy atom. The molecule has 8 nitrogen and oxygen atoms in total. The second kappa shape index (κ2) is 6.31. The third kappa shape index (κ3) is 3.88. The van der Waals surface area contributed by atoms with E-state index in [0.717, 1.165) is 0 Å². The van der Waals surface area contributed by atoms with Crippen LogP contribution in [0.5, 0.6) is 0 Å². The molecule has 1 rings (SSSR count). The molecule has 4 N–H and O–H groups in total. The monoisotopic (exact) mass is 294 g/mol. The van der Waals surface area contributed by atoms with Crippen molar-refractivity contribution in [1.29, 1.82) is 0 Å². The van der Waals surface area contributed by atoms with Gasteiger partial charge in [-0.05, 0) is 12.8 Å². The first-order valence-corrected chi connectivity index (χ1v) is 7.38. The van der Waals surface area contributed by atoms with Crippen LogP contribution in [-0.2, 0) is 24.3 Å². The molecule has 9 heteroatoms. The summed E-state index contributed by atoms with van der Waals surface area (Å²) in [5.74, 6) is -2.30. The van der Waals surface area contributed by atoms with E-state index >= 15 is 0 Å². The summed E-state index contributed by atoms with van der Waals surface area (Å²) in [6, 6.07) is 0. The fourth-order valence-electron chi connectivity index (χ4n) is 2.12. The zero-order chi connectivity index (χ0) is 14.6. The molecule has 0 radical (unpaired) electrons. The topological polar surface area (TPSA) is 136 Å². The van der Waals surface area contributed by atoms with Gasteiger partial charge in [-0.25, -0.2) is 13.1 Å². The van der Waals surface area contributed by atoms with Crippen molar-refractivity contribution in [3.63, 3.8) is 0 Å². The Labute approximate surface area is 111 Å². The maximum absolute atomic E-state index is 12.0. The fourth-order valence-corrected chi connectivity index (χ4v) is 3.88. The lowest BCUT2D eigenvalue weighted by Gasteiger charge is -2.19. The Kier molecular flexibility index (Phi) is 5.27. The summed E-state index contributed by atoms with van der Waals surface area (Å²) < 4.78 is 30.7. The standard InChI is InChI=1S/C10H18N2O6S/c1-18-10(15)6-3-2-4-8(6)19(16,17)12-5-7(13)9(11)14/h6-8,12-13H,2-5H2,1H3,(H2,11,14). The van der Waals surface area contributed by atoms with Crippen LogP contribution in [0.25, 0.3) is 0 Å². The molecule has 3 atom stereocenters. The maximum atomic E-state index is 12.0. The number of aliphatic hydroxyl groups excluding tert-OH is 1. The van der Waals surface area contributed by atoms with Gasteiger partial charge in [-0.2, -0.15) is 0 Å². The molecule has 0 bridgehead atoms. The Balaban J connectivity index is 2.71. The largest absolute Gasteiger partial charge is 0.469 e. The number of hydrogen-bond donors (Lipinski definition) is 3. The molecule has 0 heterocycles. The van der Waals surface area contributed by atoms with E-state index in [4.69, 9.17) is 10.8 Å². The maximum Gasteiger partial charge on any atom is 0.310 e. The average molecular weight is 294 g/mol. The van der Waals surface area contributed by atoms with E-state index in [9.17, 15) is 18.0 Å². The highest BCUT2D eigenvalue weighted by molar-refractivity contribution is 7.90. The van der Waals surface area contributed by atoms with Crippen molar-refractivity contribution >= 4 is 21.9 Å². The molecule has 0 saturated heterocycles. The predicted octanol–water partition coefficient (Wildman–Crippen LogP) is -1.91. The second-order valence-electron chi connectivity index (χ2n) is 4.41. The minimum absolute atomic E-state index is 0.335. The van der Waals surface area contributed by atoms with Crippen LogP contribution in [0.2, 0.25) is 0 Å². The van der Waals surface area contributed by atoms with Crippen LogP contribution in [0.1, 0.15) is 19.3 Å². The third-order valence-corrected chi connectivity index (χ3v) is 5.09. The Morgan fingerprint density at radius 1 is 1.47 bits per heavy atom. The minimum atomic E-state index is -3.81. The van der Waals surface area contributed by atoms with Crippen molar-refractivity contribution in [3.05, 3.63) is 0 Å². The number of carbonyl (C=O) groups is 2. The zero-order valence-electron chi connectivity index (χ0n) is 10.5. The molecule has 0 spiro atoms. The van der Waals surface area contributed by atoms with Gasteiger partial charge >= 0.3 is 5.97 Å². The smallest absolute Gasteiger partial charge is 0.310 e. The predicted molar refractivity (Wildman–Crippen MR) is 65.3 cm³/mol. The van der Waals surface area contributed by atoms with Crippen LogP contribution in [0, 0.1) is 5.92 Å². The first kappa shape index (κ1) is 15.9. The molecule has 1 aliphatic carbocycles. The SMILES string of the molecule is COC(=O)C1CCCC1S(=O)(=O)NCC(O)C(N)=O. The molecule has 1 aliphatic rings. The fraction of sp³-hybridized carbons (Fsp3) is 0.800. The first-order valence-electron chi connectivity index (χ1n) is 5.83. The highest BCUT2D eigenvalue weighted by Gasteiger charge is 2.42. The number of rotatable bonds is 6. The van der Waals surface area contributed by atoms with Gasteiger partial charge in [0.2, 0.25) is 15.9 Å². The van der Waals surface area contributed by atoms with E-state index < -0.39 is 45.7 Å². The molecule has 3 unspecified atom stereocenters. The van der Waals surface area contributed by atoms with Gasteiger partial charge in [-0.15, -0.1) is 0 Å². The molecular weight excluding hydrogens is 276 g/mol. The Bertz CT molecular complexity index is 449. The van der Waals surface area contributed by atoms with Crippen LogP contribution in [0.15, 0.2) is 0 Å². The van der Waals surface area contributed by atoms with Crippen molar-refractivity contribution in [1.82, 2.24) is 4.72 Å². The molecule has 1 fully saturated rings. The van der Waals surface area contributed by atoms with Crippen molar-refractivity contribution in [2.75, 3.05) is 13.7 Å². The summed E-state index contributed by atoms with van der Waals surface area (Å²) in [5.41, 5.74) is 4.82. The van der Waals surface area contributed by atoms with Crippen LogP contribution < -0.4 is 10.5 Å². The number of hydrogen-bond acceptors (Lipinski definition) is 6. The van der Waals surface area contributed by atoms with Crippen LogP contribution in [0.4, 0.5) is 0 Å². The van der Waals surface area contributed by atoms with Gasteiger partial charge < -0.3 is 15.6 Å². The molecule has 0 aromatic rings. The molecule has 19 heavy (non-hydrogen) atoms. The van der Waals surface area contributed by atoms with Gasteiger partial charge in [-0.3, -0.25) is 9.59 Å². The van der Waals surface area contributed by atoms with Gasteiger partial charge in [0, 0.05) is 6.54 Å². The van der Waals surface area contributed by atoms with Crippen molar-refractivity contribution in [3.8, 4) is 0 Å². The Morgan fingerprint density at radius 2 is 2.11 bits per heavy atom. The van der Waals surface area contributed by atoms with E-state index in [1.807, 2.05) is 0 Å². The minimum Gasteiger partial charge on any atom is -0.469 e. The summed E-state index contributed by atoms with van der Waals surface area (Å²) in [5, 5.41) is 8.26. The van der Waals surface area contributed by atoms with E-state index in [1.165, 1.54) is 7.11 Å². The van der Waals surface area contributed by atoms with E-state index in [1.54, 1.807) is 0 Å². The van der Waals surface area contributed by atoms with Crippen LogP contribution in [-0.4, -0.2) is 50.4 Å². The number of methoxy groups -OCH3 is 1. The number of nitrogens with one attached hydrogen (secondary N) is 1. The van der Waals surface area contributed by atoms with Crippen molar-refractivity contribution in [2.24, 2.45) is 11.7 Å². The lowest BCUT2D eigenvalue weighted by molar-refractivity contribution is -0.145. The highest BCUT2D eigenvalue weighted by atomic mass is 32.2. The number of nitrogens with two attached hydrogens (primary N) is 1. The van der Waals surface area contributed by atoms with Crippen molar-refractivity contribution < 1.29 is 27.9 Å². The molecule has 1 saturated carbocycles. The molecule has 0 aromatic carbocycles. The number of amides is 1. The van der Waals surface area contributed by atoms with Crippen molar-refractivity contribution in [2.45, 2.75) is 30.6 Å². The second-order valence-corrected chi connectivity index (χ2v) is 6.39. The van der Waals surface area contributed by atoms with Gasteiger partial charge in [0.05, 0.1) is 18.3 Å².